The van der Waals surface area contributed by atoms with E-state index in [4.69, 9.17) is 9.15 Å². The molecule has 0 bridgehead atoms. The molecule has 140 valence electrons. The monoisotopic (exact) mass is 386 g/mol. The van der Waals surface area contributed by atoms with Crippen LogP contribution in [0.15, 0.2) is 52.5 Å². The Morgan fingerprint density at radius 3 is 2.81 bits per heavy atom. The van der Waals surface area contributed by atoms with Crippen molar-refractivity contribution in [1.82, 2.24) is 15.6 Å². The van der Waals surface area contributed by atoms with Crippen molar-refractivity contribution in [1.29, 1.82) is 0 Å². The van der Waals surface area contributed by atoms with Gasteiger partial charge in [0.2, 0.25) is 5.91 Å². The molecule has 0 aliphatic heterocycles. The summed E-state index contributed by atoms with van der Waals surface area (Å²) in [5.41, 5.74) is 0.981. The van der Waals surface area contributed by atoms with Crippen molar-refractivity contribution in [3.63, 3.8) is 0 Å². The van der Waals surface area contributed by atoms with E-state index in [9.17, 15) is 9.59 Å². The van der Waals surface area contributed by atoms with Crippen molar-refractivity contribution in [2.75, 3.05) is 19.0 Å². The first-order chi connectivity index (χ1) is 13.2. The van der Waals surface area contributed by atoms with Gasteiger partial charge in [0.25, 0.3) is 5.91 Å². The minimum atomic E-state index is -0.424. The van der Waals surface area contributed by atoms with Gasteiger partial charge < -0.3 is 25.1 Å². The molecule has 0 unspecified atom stereocenters. The number of nitrogens with one attached hydrogen (secondary N) is 3. The summed E-state index contributed by atoms with van der Waals surface area (Å²) >= 11 is 1.28. The van der Waals surface area contributed by atoms with Gasteiger partial charge in [-0.15, -0.1) is 11.3 Å². The summed E-state index contributed by atoms with van der Waals surface area (Å²) in [5.74, 6) is 0.572. The molecule has 0 aliphatic carbocycles. The van der Waals surface area contributed by atoms with E-state index in [0.29, 0.717) is 16.6 Å². The third-order valence-electron chi connectivity index (χ3n) is 3.53. The van der Waals surface area contributed by atoms with Gasteiger partial charge >= 0.3 is 0 Å². The fourth-order valence-corrected chi connectivity index (χ4v) is 2.91. The summed E-state index contributed by atoms with van der Waals surface area (Å²) in [5, 5.41) is 10.5. The number of aromatic nitrogens is 1. The van der Waals surface area contributed by atoms with Gasteiger partial charge in [0, 0.05) is 5.38 Å². The Kier molecular flexibility index (Phi) is 6.06. The third-order valence-corrected chi connectivity index (χ3v) is 4.29. The fraction of sp³-hybridized carbons (Fsp3) is 0.167. The summed E-state index contributed by atoms with van der Waals surface area (Å²) in [6, 6.07) is 10.9. The number of furan rings is 1. The zero-order valence-electron chi connectivity index (χ0n) is 14.5. The first kappa shape index (κ1) is 18.5. The summed E-state index contributed by atoms with van der Waals surface area (Å²) in [4.78, 5) is 28.2. The van der Waals surface area contributed by atoms with Crippen LogP contribution in [0.25, 0.3) is 0 Å². The van der Waals surface area contributed by atoms with Gasteiger partial charge in [-0.05, 0) is 24.3 Å². The van der Waals surface area contributed by atoms with Gasteiger partial charge in [-0.3, -0.25) is 9.59 Å². The van der Waals surface area contributed by atoms with E-state index in [1.807, 2.05) is 24.3 Å². The van der Waals surface area contributed by atoms with E-state index in [0.717, 1.165) is 5.69 Å². The molecule has 0 aliphatic rings. The van der Waals surface area contributed by atoms with Crippen molar-refractivity contribution in [3.8, 4) is 5.75 Å². The van der Waals surface area contributed by atoms with Crippen molar-refractivity contribution in [2.24, 2.45) is 0 Å². The zero-order chi connectivity index (χ0) is 19.1. The molecule has 9 heteroatoms. The zero-order valence-corrected chi connectivity index (χ0v) is 15.3. The molecule has 8 nitrogen and oxygen atoms in total. The molecule has 1 aromatic carbocycles. The molecule has 3 aromatic rings. The maximum Gasteiger partial charge on any atom is 0.271 e. The van der Waals surface area contributed by atoms with Gasteiger partial charge in [-0.1, -0.05) is 12.1 Å². The number of nitrogens with zero attached hydrogens (tertiary/aromatic N) is 1. The van der Waals surface area contributed by atoms with Crippen LogP contribution in [0.5, 0.6) is 5.75 Å². The highest BCUT2D eigenvalue weighted by Crippen LogP contribution is 2.28. The van der Waals surface area contributed by atoms with E-state index >= 15 is 0 Å². The Balaban J connectivity index is 1.50. The van der Waals surface area contributed by atoms with Gasteiger partial charge in [-0.25, -0.2) is 4.98 Å². The minimum absolute atomic E-state index is 0.146. The number of benzene rings is 1. The van der Waals surface area contributed by atoms with Crippen molar-refractivity contribution >= 4 is 34.0 Å². The Labute approximate surface area is 159 Å². The molecule has 27 heavy (non-hydrogen) atoms. The number of amides is 2. The predicted molar refractivity (Wildman–Crippen MR) is 101 cm³/mol. The van der Waals surface area contributed by atoms with Crippen LogP contribution < -0.4 is 20.7 Å². The smallest absolute Gasteiger partial charge is 0.271 e. The summed E-state index contributed by atoms with van der Waals surface area (Å²) in [6.07, 6.45) is 1.53. The summed E-state index contributed by atoms with van der Waals surface area (Å²) in [6.45, 7) is 0.123. The number of ether oxygens (including phenoxy) is 1. The SMILES string of the molecule is COc1ccccc1Nc1nc(C(=O)NCC(=O)NCc2ccco2)cs1. The summed E-state index contributed by atoms with van der Waals surface area (Å²) in [7, 11) is 1.58. The Bertz CT molecular complexity index is 908. The number of para-hydroxylation sites is 2. The topological polar surface area (TPSA) is 105 Å². The van der Waals surface area contributed by atoms with Crippen LogP contribution in [0.2, 0.25) is 0 Å². The Morgan fingerprint density at radius 1 is 1.19 bits per heavy atom. The van der Waals surface area contributed by atoms with Crippen LogP contribution in [0, 0.1) is 0 Å². The molecular weight excluding hydrogens is 368 g/mol. The quantitative estimate of drug-likeness (QED) is 0.549. The fourth-order valence-electron chi connectivity index (χ4n) is 2.21. The van der Waals surface area contributed by atoms with Crippen molar-refractivity contribution < 1.29 is 18.7 Å². The molecule has 0 saturated heterocycles. The normalized spacial score (nSPS) is 10.3. The second-order valence-electron chi connectivity index (χ2n) is 5.40. The first-order valence-electron chi connectivity index (χ1n) is 8.08. The highest BCUT2D eigenvalue weighted by molar-refractivity contribution is 7.14. The lowest BCUT2D eigenvalue weighted by Gasteiger charge is -2.08. The minimum Gasteiger partial charge on any atom is -0.495 e. The standard InChI is InChI=1S/C18H18N4O4S/c1-25-15-7-3-2-6-13(15)21-18-22-14(11-27-18)17(24)20-10-16(23)19-9-12-5-4-8-26-12/h2-8,11H,9-10H2,1H3,(H,19,23)(H,20,24)(H,21,22). The number of anilines is 2. The van der Waals surface area contributed by atoms with Crippen LogP contribution >= 0.6 is 11.3 Å². The Morgan fingerprint density at radius 2 is 2.04 bits per heavy atom. The third kappa shape index (κ3) is 5.08. The van der Waals surface area contributed by atoms with Crippen molar-refractivity contribution in [2.45, 2.75) is 6.54 Å². The number of carbonyl (C=O) groups is 2. The van der Waals surface area contributed by atoms with Crippen LogP contribution in [0.1, 0.15) is 16.2 Å². The van der Waals surface area contributed by atoms with Crippen LogP contribution in [-0.2, 0) is 11.3 Å². The maximum atomic E-state index is 12.2. The number of hydrogen-bond acceptors (Lipinski definition) is 7. The molecule has 0 atom stereocenters. The predicted octanol–water partition coefficient (Wildman–Crippen LogP) is 2.53. The average Bonchev–Trinajstić information content (AvgIpc) is 3.37. The molecule has 0 fully saturated rings. The summed E-state index contributed by atoms with van der Waals surface area (Å²) < 4.78 is 10.4. The number of hydrogen-bond donors (Lipinski definition) is 3. The molecule has 2 aromatic heterocycles. The molecule has 0 saturated carbocycles. The molecular formula is C18H18N4O4S. The van der Waals surface area contributed by atoms with Gasteiger partial charge in [0.05, 0.1) is 32.1 Å². The second kappa shape index (κ2) is 8.86. The number of carbonyl (C=O) groups excluding carboxylic acids is 2. The number of thiazole rings is 1. The Hall–Kier alpha value is -3.33. The average molecular weight is 386 g/mol. The molecule has 2 heterocycles. The van der Waals surface area contributed by atoms with Gasteiger partial charge in [-0.2, -0.15) is 0 Å². The van der Waals surface area contributed by atoms with Gasteiger partial charge in [0.1, 0.15) is 17.2 Å². The van der Waals surface area contributed by atoms with E-state index in [1.165, 1.54) is 17.6 Å². The molecule has 2 amide bonds. The highest BCUT2D eigenvalue weighted by atomic mass is 32.1. The lowest BCUT2D eigenvalue weighted by molar-refractivity contribution is -0.120. The second-order valence-corrected chi connectivity index (χ2v) is 6.26. The van der Waals surface area contributed by atoms with E-state index in [1.54, 1.807) is 24.6 Å². The van der Waals surface area contributed by atoms with Gasteiger partial charge in [0.15, 0.2) is 5.13 Å². The van der Waals surface area contributed by atoms with E-state index in [2.05, 4.69) is 20.9 Å². The van der Waals surface area contributed by atoms with Crippen molar-refractivity contribution in [3.05, 3.63) is 59.5 Å². The van der Waals surface area contributed by atoms with E-state index < -0.39 is 5.91 Å². The molecule has 3 N–H and O–H groups in total. The number of rotatable bonds is 8. The molecule has 0 radical (unpaired) electrons. The van der Waals surface area contributed by atoms with Crippen LogP contribution in [0.4, 0.5) is 10.8 Å². The number of methoxy groups -OCH3 is 1. The van der Waals surface area contributed by atoms with E-state index in [-0.39, 0.29) is 24.7 Å². The van der Waals surface area contributed by atoms with Crippen LogP contribution in [-0.4, -0.2) is 30.5 Å². The van der Waals surface area contributed by atoms with Crippen LogP contribution in [0.3, 0.4) is 0 Å². The largest absolute Gasteiger partial charge is 0.495 e. The maximum absolute atomic E-state index is 12.2. The lowest BCUT2D eigenvalue weighted by atomic mass is 10.3. The highest BCUT2D eigenvalue weighted by Gasteiger charge is 2.13. The molecule has 3 rings (SSSR count). The first-order valence-corrected chi connectivity index (χ1v) is 8.96. The lowest BCUT2D eigenvalue weighted by Crippen LogP contribution is -2.36. The molecule has 0 spiro atoms.